The molecular weight excluding hydrogens is 304 g/mol. The van der Waals surface area contributed by atoms with E-state index >= 15 is 0 Å². The maximum atomic E-state index is 12.4. The molecule has 3 N–H and O–H groups in total. The first-order valence-corrected chi connectivity index (χ1v) is 9.26. The summed E-state index contributed by atoms with van der Waals surface area (Å²) >= 11 is 1.30. The molecule has 1 aromatic carbocycles. The number of sulfonamides is 1. The van der Waals surface area contributed by atoms with Crippen LogP contribution in [0, 0.1) is 0 Å². The van der Waals surface area contributed by atoms with Gasteiger partial charge in [0.05, 0.1) is 0 Å². The number of thiophene rings is 1. The summed E-state index contributed by atoms with van der Waals surface area (Å²) in [7, 11) is -3.43. The third-order valence-electron chi connectivity index (χ3n) is 3.67. The van der Waals surface area contributed by atoms with Crippen LogP contribution in [-0.2, 0) is 29.3 Å². The fourth-order valence-corrected chi connectivity index (χ4v) is 5.32. The monoisotopic (exact) mass is 322 g/mol. The topological polar surface area (TPSA) is 72.2 Å². The summed E-state index contributed by atoms with van der Waals surface area (Å²) in [4.78, 5) is 1.01. The van der Waals surface area contributed by atoms with E-state index < -0.39 is 10.0 Å². The zero-order valence-corrected chi connectivity index (χ0v) is 13.2. The number of rotatable bonds is 5. The van der Waals surface area contributed by atoms with Gasteiger partial charge in [-0.1, -0.05) is 24.3 Å². The van der Waals surface area contributed by atoms with E-state index in [-0.39, 0.29) is 6.04 Å². The van der Waals surface area contributed by atoms with Gasteiger partial charge in [0.1, 0.15) is 4.21 Å². The largest absolute Gasteiger partial charge is 0.330 e. The van der Waals surface area contributed by atoms with Gasteiger partial charge < -0.3 is 5.73 Å². The quantitative estimate of drug-likeness (QED) is 0.880. The van der Waals surface area contributed by atoms with Gasteiger partial charge in [0.15, 0.2) is 0 Å². The van der Waals surface area contributed by atoms with E-state index in [4.69, 9.17) is 5.73 Å². The maximum Gasteiger partial charge on any atom is 0.250 e. The van der Waals surface area contributed by atoms with Crippen molar-refractivity contribution in [3.63, 3.8) is 0 Å². The molecule has 0 unspecified atom stereocenters. The standard InChI is InChI=1S/C15H18N2O2S2/c16-8-7-14-5-6-15(20-14)21(18,19)17-13-9-11-3-1-2-4-12(11)10-13/h1-6,13,17H,7-10,16H2. The van der Waals surface area contributed by atoms with Crippen molar-refractivity contribution in [1.29, 1.82) is 0 Å². The number of fused-ring (bicyclic) bond motifs is 1. The van der Waals surface area contributed by atoms with Crippen molar-refractivity contribution < 1.29 is 8.42 Å². The predicted molar refractivity (Wildman–Crippen MR) is 85.0 cm³/mol. The minimum atomic E-state index is -3.43. The molecule has 1 aliphatic rings. The van der Waals surface area contributed by atoms with Crippen molar-refractivity contribution >= 4 is 21.4 Å². The van der Waals surface area contributed by atoms with Crippen molar-refractivity contribution in [1.82, 2.24) is 4.72 Å². The lowest BCUT2D eigenvalue weighted by atomic mass is 10.1. The molecule has 0 atom stereocenters. The van der Waals surface area contributed by atoms with Gasteiger partial charge in [-0.3, -0.25) is 0 Å². The Kier molecular flexibility index (Phi) is 4.12. The second-order valence-corrected chi connectivity index (χ2v) is 8.36. The normalized spacial score (nSPS) is 15.3. The Labute approximate surface area is 129 Å². The summed E-state index contributed by atoms with van der Waals surface area (Å²) in [6.45, 7) is 0.533. The molecule has 0 bridgehead atoms. The van der Waals surface area contributed by atoms with Gasteiger partial charge in [0.2, 0.25) is 10.0 Å². The SMILES string of the molecule is NCCc1ccc(S(=O)(=O)NC2Cc3ccccc3C2)s1. The highest BCUT2D eigenvalue weighted by atomic mass is 32.2. The average Bonchev–Trinajstić information content (AvgIpc) is 3.04. The molecular formula is C15H18N2O2S2. The van der Waals surface area contributed by atoms with Gasteiger partial charge in [-0.2, -0.15) is 0 Å². The van der Waals surface area contributed by atoms with E-state index in [0.29, 0.717) is 10.8 Å². The zero-order chi connectivity index (χ0) is 14.9. The second-order valence-electron chi connectivity index (χ2n) is 5.25. The van der Waals surface area contributed by atoms with Crippen LogP contribution in [0.1, 0.15) is 16.0 Å². The van der Waals surface area contributed by atoms with Crippen LogP contribution < -0.4 is 10.5 Å². The zero-order valence-electron chi connectivity index (χ0n) is 11.6. The molecule has 112 valence electrons. The van der Waals surface area contributed by atoms with Crippen molar-refractivity contribution in [3.05, 3.63) is 52.4 Å². The number of benzene rings is 1. The van der Waals surface area contributed by atoms with Crippen molar-refractivity contribution in [2.24, 2.45) is 5.73 Å². The average molecular weight is 322 g/mol. The van der Waals surface area contributed by atoms with E-state index in [0.717, 1.165) is 24.1 Å². The number of hydrogen-bond acceptors (Lipinski definition) is 4. The number of nitrogens with one attached hydrogen (secondary N) is 1. The maximum absolute atomic E-state index is 12.4. The van der Waals surface area contributed by atoms with E-state index in [1.807, 2.05) is 18.2 Å². The highest BCUT2D eigenvalue weighted by Gasteiger charge is 2.27. The Hall–Kier alpha value is -1.21. The minimum absolute atomic E-state index is 0.0486. The summed E-state index contributed by atoms with van der Waals surface area (Å²) in [6.07, 6.45) is 2.24. The fraction of sp³-hybridized carbons (Fsp3) is 0.333. The van der Waals surface area contributed by atoms with Crippen LogP contribution in [0.3, 0.4) is 0 Å². The molecule has 1 aromatic heterocycles. The first kappa shape index (κ1) is 14.7. The summed E-state index contributed by atoms with van der Waals surface area (Å²) in [5, 5.41) is 0. The Bertz CT molecular complexity index is 713. The summed E-state index contributed by atoms with van der Waals surface area (Å²) in [5.41, 5.74) is 7.97. The van der Waals surface area contributed by atoms with Crippen LogP contribution >= 0.6 is 11.3 Å². The van der Waals surface area contributed by atoms with Crippen LogP contribution in [0.15, 0.2) is 40.6 Å². The summed E-state index contributed by atoms with van der Waals surface area (Å²) < 4.78 is 28.1. The van der Waals surface area contributed by atoms with Crippen molar-refractivity contribution in [2.75, 3.05) is 6.54 Å². The van der Waals surface area contributed by atoms with Crippen molar-refractivity contribution in [2.45, 2.75) is 29.5 Å². The fourth-order valence-electron chi connectivity index (χ4n) is 2.70. The number of hydrogen-bond donors (Lipinski definition) is 2. The Morgan fingerprint density at radius 1 is 1.14 bits per heavy atom. The van der Waals surface area contributed by atoms with E-state index in [2.05, 4.69) is 16.9 Å². The molecule has 0 saturated carbocycles. The third-order valence-corrected chi connectivity index (χ3v) is 6.82. The molecule has 4 nitrogen and oxygen atoms in total. The molecule has 0 fully saturated rings. The Morgan fingerprint density at radius 3 is 2.43 bits per heavy atom. The van der Waals surface area contributed by atoms with Gasteiger partial charge in [0.25, 0.3) is 0 Å². The predicted octanol–water partition coefficient (Wildman–Crippen LogP) is 1.70. The molecule has 0 saturated heterocycles. The molecule has 0 radical (unpaired) electrons. The van der Waals surface area contributed by atoms with Crippen molar-refractivity contribution in [3.8, 4) is 0 Å². The Balaban J connectivity index is 1.72. The van der Waals surface area contributed by atoms with E-state index in [1.54, 1.807) is 6.07 Å². The molecule has 3 rings (SSSR count). The Morgan fingerprint density at radius 2 is 1.81 bits per heavy atom. The highest BCUT2D eigenvalue weighted by Crippen LogP contribution is 2.25. The van der Waals surface area contributed by atoms with Crippen LogP contribution in [-0.4, -0.2) is 21.0 Å². The van der Waals surface area contributed by atoms with Crippen LogP contribution in [0.4, 0.5) is 0 Å². The van der Waals surface area contributed by atoms with Gasteiger partial charge in [-0.15, -0.1) is 11.3 Å². The lowest BCUT2D eigenvalue weighted by Gasteiger charge is -2.11. The summed E-state index contributed by atoms with van der Waals surface area (Å²) in [5.74, 6) is 0. The first-order chi connectivity index (χ1) is 10.1. The molecule has 6 heteroatoms. The number of nitrogens with two attached hydrogens (primary N) is 1. The molecule has 21 heavy (non-hydrogen) atoms. The molecule has 1 heterocycles. The van der Waals surface area contributed by atoms with E-state index in [9.17, 15) is 8.42 Å². The van der Waals surface area contributed by atoms with Crippen LogP contribution in [0.25, 0.3) is 0 Å². The molecule has 0 spiro atoms. The lowest BCUT2D eigenvalue weighted by molar-refractivity contribution is 0.557. The first-order valence-electron chi connectivity index (χ1n) is 6.96. The van der Waals surface area contributed by atoms with E-state index in [1.165, 1.54) is 22.5 Å². The van der Waals surface area contributed by atoms with Gasteiger partial charge in [-0.25, -0.2) is 13.1 Å². The van der Waals surface area contributed by atoms with Crippen LogP contribution in [0.2, 0.25) is 0 Å². The van der Waals surface area contributed by atoms with Crippen LogP contribution in [0.5, 0.6) is 0 Å². The lowest BCUT2D eigenvalue weighted by Crippen LogP contribution is -2.34. The third kappa shape index (κ3) is 3.18. The minimum Gasteiger partial charge on any atom is -0.330 e. The van der Waals surface area contributed by atoms with Gasteiger partial charge in [0, 0.05) is 10.9 Å². The summed E-state index contributed by atoms with van der Waals surface area (Å²) in [6, 6.07) is 11.6. The van der Waals surface area contributed by atoms with Gasteiger partial charge >= 0.3 is 0 Å². The molecule has 2 aromatic rings. The molecule has 0 amide bonds. The molecule has 1 aliphatic carbocycles. The molecule has 0 aliphatic heterocycles. The second kappa shape index (κ2) is 5.88. The highest BCUT2D eigenvalue weighted by molar-refractivity contribution is 7.91. The smallest absolute Gasteiger partial charge is 0.250 e. The van der Waals surface area contributed by atoms with Gasteiger partial charge in [-0.05, 0) is 49.1 Å².